The lowest BCUT2D eigenvalue weighted by Gasteiger charge is -2.37. The molecular formula is C40H58FN3O9. The minimum Gasteiger partial charge on any atom is -0.460 e. The van der Waals surface area contributed by atoms with Crippen molar-refractivity contribution in [3.63, 3.8) is 0 Å². The van der Waals surface area contributed by atoms with Crippen molar-refractivity contribution in [1.82, 2.24) is 10.2 Å². The number of ether oxygens (including phenoxy) is 4. The van der Waals surface area contributed by atoms with Crippen LogP contribution >= 0.6 is 0 Å². The van der Waals surface area contributed by atoms with Gasteiger partial charge in [-0.15, -0.1) is 0 Å². The number of anilines is 1. The van der Waals surface area contributed by atoms with Crippen molar-refractivity contribution in [2.75, 3.05) is 52.1 Å². The summed E-state index contributed by atoms with van der Waals surface area (Å²) in [6, 6.07) is 5.55. The number of hydrogen-bond acceptors (Lipinski definition) is 9. The molecule has 294 valence electrons. The highest BCUT2D eigenvalue weighted by molar-refractivity contribution is 6.00. The molecule has 5 rings (SSSR count). The first kappa shape index (κ1) is 40.5. The third kappa shape index (κ3) is 11.2. The van der Waals surface area contributed by atoms with Gasteiger partial charge in [0.15, 0.2) is 0 Å². The van der Waals surface area contributed by atoms with Gasteiger partial charge in [0.1, 0.15) is 23.9 Å². The number of halogens is 1. The van der Waals surface area contributed by atoms with Crippen molar-refractivity contribution in [3.8, 4) is 0 Å². The van der Waals surface area contributed by atoms with Crippen LogP contribution in [0.25, 0.3) is 11.0 Å². The van der Waals surface area contributed by atoms with Gasteiger partial charge in [-0.2, -0.15) is 0 Å². The smallest absolute Gasteiger partial charge is 0.407 e. The number of esters is 1. The van der Waals surface area contributed by atoms with Crippen molar-refractivity contribution >= 4 is 40.5 Å². The number of rotatable bonds is 15. The van der Waals surface area contributed by atoms with Gasteiger partial charge in [0.2, 0.25) is 17.6 Å². The van der Waals surface area contributed by atoms with Crippen LogP contribution in [-0.2, 0) is 28.5 Å². The summed E-state index contributed by atoms with van der Waals surface area (Å²) in [5.41, 5.74) is 0.352. The minimum absolute atomic E-state index is 0.0196. The third-order valence-electron chi connectivity index (χ3n) is 10.9. The number of nitrogens with one attached hydrogen (secondary N) is 2. The van der Waals surface area contributed by atoms with Gasteiger partial charge in [0, 0.05) is 43.7 Å². The van der Waals surface area contributed by atoms with Crippen LogP contribution < -0.4 is 10.6 Å². The zero-order chi connectivity index (χ0) is 38.0. The highest BCUT2D eigenvalue weighted by atomic mass is 19.1. The molecule has 0 spiro atoms. The molecule has 0 radical (unpaired) electrons. The predicted molar refractivity (Wildman–Crippen MR) is 197 cm³/mol. The second-order valence-corrected chi connectivity index (χ2v) is 15.8. The monoisotopic (exact) mass is 743 g/mol. The van der Waals surface area contributed by atoms with E-state index in [0.29, 0.717) is 81.0 Å². The van der Waals surface area contributed by atoms with Crippen LogP contribution in [0, 0.1) is 23.7 Å². The second-order valence-electron chi connectivity index (χ2n) is 15.8. The van der Waals surface area contributed by atoms with Gasteiger partial charge in [-0.1, -0.05) is 32.1 Å². The van der Waals surface area contributed by atoms with E-state index in [1.54, 1.807) is 57.0 Å². The van der Waals surface area contributed by atoms with Gasteiger partial charge in [-0.05, 0) is 94.9 Å². The molecule has 1 aromatic heterocycles. The zero-order valence-corrected chi connectivity index (χ0v) is 31.8. The molecule has 3 atom stereocenters. The Balaban J connectivity index is 1.21. The van der Waals surface area contributed by atoms with Crippen LogP contribution in [0.3, 0.4) is 0 Å². The molecule has 2 aliphatic carbocycles. The van der Waals surface area contributed by atoms with E-state index in [4.69, 9.17) is 23.4 Å². The Bertz CT molecular complexity index is 1530. The van der Waals surface area contributed by atoms with Crippen LogP contribution in [0.1, 0.15) is 102 Å². The van der Waals surface area contributed by atoms with Crippen molar-refractivity contribution < 1.29 is 46.9 Å². The van der Waals surface area contributed by atoms with Gasteiger partial charge in [0.25, 0.3) is 0 Å². The Kier molecular flexibility index (Phi) is 14.5. The number of nitrogens with zero attached hydrogens (tertiary/aromatic N) is 1. The van der Waals surface area contributed by atoms with Crippen molar-refractivity contribution in [1.29, 1.82) is 0 Å². The van der Waals surface area contributed by atoms with Crippen LogP contribution in [0.4, 0.5) is 14.9 Å². The molecule has 1 aliphatic heterocycles. The lowest BCUT2D eigenvalue weighted by molar-refractivity contribution is -0.142. The summed E-state index contributed by atoms with van der Waals surface area (Å²) < 4.78 is 40.8. The molecular weight excluding hydrogens is 685 g/mol. The van der Waals surface area contributed by atoms with E-state index in [1.165, 1.54) is 6.42 Å². The molecule has 2 saturated carbocycles. The number of likely N-dealkylation sites (tertiary alicyclic amines) is 1. The van der Waals surface area contributed by atoms with E-state index in [0.717, 1.165) is 32.1 Å². The molecule has 3 aliphatic rings. The number of carbonyl (C=O) groups is 4. The normalized spacial score (nSPS) is 23.1. The van der Waals surface area contributed by atoms with Crippen molar-refractivity contribution in [3.05, 3.63) is 30.0 Å². The maximum Gasteiger partial charge on any atom is 0.407 e. The number of amides is 3. The summed E-state index contributed by atoms with van der Waals surface area (Å²) in [6.07, 6.45) is 8.57. The highest BCUT2D eigenvalue weighted by Gasteiger charge is 2.47. The fourth-order valence-corrected chi connectivity index (χ4v) is 8.28. The Morgan fingerprint density at radius 1 is 0.943 bits per heavy atom. The summed E-state index contributed by atoms with van der Waals surface area (Å²) in [4.78, 5) is 55.2. The summed E-state index contributed by atoms with van der Waals surface area (Å²) in [5, 5.41) is 6.43. The first-order chi connectivity index (χ1) is 25.5. The Morgan fingerprint density at radius 3 is 2.40 bits per heavy atom. The lowest BCUT2D eigenvalue weighted by atomic mass is 9.76. The van der Waals surface area contributed by atoms with Crippen LogP contribution in [0.2, 0.25) is 0 Å². The fourth-order valence-electron chi connectivity index (χ4n) is 8.28. The largest absolute Gasteiger partial charge is 0.460 e. The maximum absolute atomic E-state index is 14.2. The molecule has 12 nitrogen and oxygen atoms in total. The lowest BCUT2D eigenvalue weighted by Crippen LogP contribution is -2.50. The number of carbonyl (C=O) groups excluding carboxylic acids is 4. The molecule has 1 aromatic carbocycles. The predicted octanol–water partition coefficient (Wildman–Crippen LogP) is 7.05. The maximum atomic E-state index is 14.2. The molecule has 1 saturated heterocycles. The van der Waals surface area contributed by atoms with Gasteiger partial charge < -0.3 is 38.9 Å². The summed E-state index contributed by atoms with van der Waals surface area (Å²) >= 11 is 0. The zero-order valence-electron chi connectivity index (χ0n) is 31.8. The molecule has 13 heteroatoms. The van der Waals surface area contributed by atoms with Gasteiger partial charge in [-0.3, -0.25) is 9.59 Å². The standard InChI is InChI=1S/C40H58FN3O9/c1-40(2,3)53-39(48)43-32(25-41)27-11-13-28(14-12-27)37(46)44-18-17-31(26-9-6-5-7-10-26)35(44)36(45)42-30-15-16-33-29(23-30)24-34(52-33)38(47)51-20-8-19-50-22-21-49-4/h15-16,23-24,26-28,31-32,35H,5-14,17-22,25H2,1-4H3,(H,42,45)(H,43,48)/t27?,28?,31-,32+,35+/m0/s1. The summed E-state index contributed by atoms with van der Waals surface area (Å²) in [6.45, 7) is 6.72. The first-order valence-corrected chi connectivity index (χ1v) is 19.4. The van der Waals surface area contributed by atoms with E-state index in [-0.39, 0.29) is 41.9 Å². The molecule has 53 heavy (non-hydrogen) atoms. The van der Waals surface area contributed by atoms with Crippen LogP contribution in [0.5, 0.6) is 0 Å². The van der Waals surface area contributed by atoms with Crippen LogP contribution in [-0.4, -0.2) is 93.2 Å². The first-order valence-electron chi connectivity index (χ1n) is 19.4. The molecule has 2 N–H and O–H groups in total. The van der Waals surface area contributed by atoms with Crippen LogP contribution in [0.15, 0.2) is 28.7 Å². The molecule has 2 aromatic rings. The van der Waals surface area contributed by atoms with E-state index < -0.39 is 36.4 Å². The fraction of sp³-hybridized carbons (Fsp3) is 0.700. The molecule has 2 heterocycles. The van der Waals surface area contributed by atoms with Gasteiger partial charge >= 0.3 is 12.1 Å². The average molecular weight is 744 g/mol. The van der Waals surface area contributed by atoms with Crippen molar-refractivity contribution in [2.24, 2.45) is 23.7 Å². The number of fused-ring (bicyclic) bond motifs is 1. The van der Waals surface area contributed by atoms with Crippen molar-refractivity contribution in [2.45, 2.75) is 109 Å². The van der Waals surface area contributed by atoms with Gasteiger partial charge in [0.05, 0.1) is 25.9 Å². The summed E-state index contributed by atoms with van der Waals surface area (Å²) in [5.74, 6) is -0.668. The van der Waals surface area contributed by atoms with E-state index in [9.17, 15) is 23.6 Å². The topological polar surface area (TPSA) is 146 Å². The SMILES string of the molecule is COCCOCCCOC(=O)c1cc2cc(NC(=O)[C@H]3[C@H](C4CCCCC4)CCN3C(=O)C3CCC([C@@H](CF)NC(=O)OC(C)(C)C)CC3)ccc2o1. The van der Waals surface area contributed by atoms with E-state index in [1.807, 2.05) is 0 Å². The quantitative estimate of drug-likeness (QED) is 0.145. The average Bonchev–Trinajstić information content (AvgIpc) is 3.78. The second kappa shape index (κ2) is 19.1. The van der Waals surface area contributed by atoms with E-state index >= 15 is 0 Å². The van der Waals surface area contributed by atoms with Gasteiger partial charge in [-0.25, -0.2) is 14.0 Å². The number of methoxy groups -OCH3 is 1. The third-order valence-corrected chi connectivity index (χ3v) is 10.9. The molecule has 3 fully saturated rings. The highest BCUT2D eigenvalue weighted by Crippen LogP contribution is 2.41. The number of alkyl halides is 1. The molecule has 0 unspecified atom stereocenters. The Hall–Kier alpha value is -3.71. The number of alkyl carbamates (subject to hydrolysis) is 1. The number of benzene rings is 1. The molecule has 0 bridgehead atoms. The minimum atomic E-state index is -0.707. The Labute approximate surface area is 312 Å². The molecule has 3 amide bonds. The number of hydrogen-bond donors (Lipinski definition) is 2. The Morgan fingerprint density at radius 2 is 1.70 bits per heavy atom. The number of furan rings is 1. The summed E-state index contributed by atoms with van der Waals surface area (Å²) in [7, 11) is 1.60. The van der Waals surface area contributed by atoms with E-state index in [2.05, 4.69) is 10.6 Å².